The molecular formula is C14H25N. The predicted molar refractivity (Wildman–Crippen MR) is 64.4 cm³/mol. The van der Waals surface area contributed by atoms with Crippen LogP contribution < -0.4 is 0 Å². The van der Waals surface area contributed by atoms with Gasteiger partial charge in [0.15, 0.2) is 0 Å². The lowest BCUT2D eigenvalue weighted by molar-refractivity contribution is 0.217. The molecule has 1 fully saturated rings. The van der Waals surface area contributed by atoms with Gasteiger partial charge in [0.1, 0.15) is 0 Å². The molecule has 0 heterocycles. The molecule has 1 heteroatoms. The normalized spacial score (nSPS) is 20.9. The molecule has 0 aromatic heterocycles. The van der Waals surface area contributed by atoms with E-state index in [0.717, 1.165) is 30.6 Å². The van der Waals surface area contributed by atoms with Gasteiger partial charge in [-0.15, -0.1) is 0 Å². The van der Waals surface area contributed by atoms with Gasteiger partial charge in [-0.25, -0.2) is 0 Å². The van der Waals surface area contributed by atoms with E-state index in [0.29, 0.717) is 0 Å². The van der Waals surface area contributed by atoms with Gasteiger partial charge in [-0.1, -0.05) is 52.4 Å². The summed E-state index contributed by atoms with van der Waals surface area (Å²) in [5.74, 6) is 2.45. The summed E-state index contributed by atoms with van der Waals surface area (Å²) in [4.78, 5) is 0. The van der Waals surface area contributed by atoms with Crippen LogP contribution in [0.3, 0.4) is 0 Å². The molecule has 0 saturated heterocycles. The van der Waals surface area contributed by atoms with Crippen molar-refractivity contribution in [1.82, 2.24) is 0 Å². The third-order valence-electron chi connectivity index (χ3n) is 3.95. The van der Waals surface area contributed by atoms with Crippen molar-refractivity contribution in [3.63, 3.8) is 0 Å². The number of nitrogens with zero attached hydrogens (tertiary/aromatic N) is 1. The van der Waals surface area contributed by atoms with Crippen LogP contribution in [0.4, 0.5) is 0 Å². The Bertz CT molecular complexity index is 194. The molecule has 1 aliphatic rings. The summed E-state index contributed by atoms with van der Waals surface area (Å²) in [6.07, 6.45) is 10.4. The summed E-state index contributed by atoms with van der Waals surface area (Å²) < 4.78 is 0. The zero-order chi connectivity index (χ0) is 11.1. The maximum atomic E-state index is 8.70. The molecule has 1 saturated carbocycles. The van der Waals surface area contributed by atoms with Crippen LogP contribution in [-0.2, 0) is 0 Å². The summed E-state index contributed by atoms with van der Waals surface area (Å²) in [5.41, 5.74) is 0. The van der Waals surface area contributed by atoms with Gasteiger partial charge in [-0.05, 0) is 24.2 Å². The van der Waals surface area contributed by atoms with Crippen LogP contribution in [0.15, 0.2) is 0 Å². The minimum absolute atomic E-state index is 0.749. The number of hydrogen-bond acceptors (Lipinski definition) is 1. The van der Waals surface area contributed by atoms with Gasteiger partial charge in [0.2, 0.25) is 0 Å². The molecule has 1 unspecified atom stereocenters. The van der Waals surface area contributed by atoms with Crippen LogP contribution in [-0.4, -0.2) is 0 Å². The van der Waals surface area contributed by atoms with Crippen molar-refractivity contribution in [2.24, 2.45) is 17.8 Å². The second-order valence-corrected chi connectivity index (χ2v) is 5.36. The Hall–Kier alpha value is -0.510. The molecule has 0 radical (unpaired) electrons. The van der Waals surface area contributed by atoms with Gasteiger partial charge >= 0.3 is 0 Å². The van der Waals surface area contributed by atoms with E-state index in [4.69, 9.17) is 5.26 Å². The van der Waals surface area contributed by atoms with E-state index < -0.39 is 0 Å². The molecule has 0 aliphatic heterocycles. The smallest absolute Gasteiger partial charge is 0.0621 e. The largest absolute Gasteiger partial charge is 0.198 e. The van der Waals surface area contributed by atoms with Crippen molar-refractivity contribution < 1.29 is 0 Å². The lowest BCUT2D eigenvalue weighted by Crippen LogP contribution is -2.20. The second kappa shape index (κ2) is 6.88. The summed E-state index contributed by atoms with van der Waals surface area (Å²) in [6.45, 7) is 4.65. The van der Waals surface area contributed by atoms with Crippen LogP contribution in [0, 0.1) is 29.1 Å². The first kappa shape index (κ1) is 12.6. The van der Waals surface area contributed by atoms with Crippen molar-refractivity contribution in [2.45, 2.75) is 65.2 Å². The molecule has 1 nitrogen and oxygen atoms in total. The maximum Gasteiger partial charge on any atom is 0.0621 e. The third-order valence-corrected chi connectivity index (χ3v) is 3.95. The Kier molecular flexibility index (Phi) is 5.76. The standard InChI is InChI=1S/C14H25N/c1-12(2)14(10-7-11-15)13-8-5-3-4-6-9-13/h12-14H,3-10H2,1-2H3. The molecule has 0 bridgehead atoms. The van der Waals surface area contributed by atoms with Gasteiger partial charge in [0.25, 0.3) is 0 Å². The summed E-state index contributed by atoms with van der Waals surface area (Å²) in [5, 5.41) is 8.70. The van der Waals surface area contributed by atoms with Gasteiger partial charge in [-0.3, -0.25) is 0 Å². The molecule has 1 rings (SSSR count). The van der Waals surface area contributed by atoms with E-state index in [9.17, 15) is 0 Å². The van der Waals surface area contributed by atoms with Crippen LogP contribution >= 0.6 is 0 Å². The minimum atomic E-state index is 0.749. The van der Waals surface area contributed by atoms with Crippen molar-refractivity contribution >= 4 is 0 Å². The summed E-state index contributed by atoms with van der Waals surface area (Å²) in [6, 6.07) is 2.31. The zero-order valence-corrected chi connectivity index (χ0v) is 10.3. The highest BCUT2D eigenvalue weighted by Crippen LogP contribution is 2.35. The first-order valence-electron chi connectivity index (χ1n) is 6.62. The molecular weight excluding hydrogens is 182 g/mol. The van der Waals surface area contributed by atoms with E-state index in [2.05, 4.69) is 19.9 Å². The molecule has 0 spiro atoms. The first-order chi connectivity index (χ1) is 7.25. The Morgan fingerprint density at radius 1 is 1.13 bits per heavy atom. The van der Waals surface area contributed by atoms with Gasteiger partial charge in [-0.2, -0.15) is 5.26 Å². The van der Waals surface area contributed by atoms with Gasteiger partial charge in [0, 0.05) is 6.42 Å². The third kappa shape index (κ3) is 4.24. The van der Waals surface area contributed by atoms with E-state index >= 15 is 0 Å². The van der Waals surface area contributed by atoms with E-state index in [1.165, 1.54) is 38.5 Å². The maximum absolute atomic E-state index is 8.70. The van der Waals surface area contributed by atoms with Gasteiger partial charge in [0.05, 0.1) is 6.07 Å². The first-order valence-corrected chi connectivity index (χ1v) is 6.62. The van der Waals surface area contributed by atoms with Crippen LogP contribution in [0.5, 0.6) is 0 Å². The van der Waals surface area contributed by atoms with Crippen LogP contribution in [0.1, 0.15) is 65.2 Å². The van der Waals surface area contributed by atoms with Crippen molar-refractivity contribution in [3.05, 3.63) is 0 Å². The average Bonchev–Trinajstić information content (AvgIpc) is 2.47. The Morgan fingerprint density at radius 3 is 2.20 bits per heavy atom. The summed E-state index contributed by atoms with van der Waals surface area (Å²) in [7, 11) is 0. The lowest BCUT2D eigenvalue weighted by atomic mass is 9.77. The number of rotatable bonds is 4. The predicted octanol–water partition coefficient (Wildman–Crippen LogP) is 4.53. The quantitative estimate of drug-likeness (QED) is 0.621. The molecule has 1 atom stereocenters. The highest BCUT2D eigenvalue weighted by atomic mass is 14.3. The van der Waals surface area contributed by atoms with E-state index in [1.807, 2.05) is 0 Å². The highest BCUT2D eigenvalue weighted by molar-refractivity contribution is 4.79. The van der Waals surface area contributed by atoms with Crippen molar-refractivity contribution in [1.29, 1.82) is 5.26 Å². The van der Waals surface area contributed by atoms with E-state index in [1.54, 1.807) is 0 Å². The Morgan fingerprint density at radius 2 is 1.73 bits per heavy atom. The highest BCUT2D eigenvalue weighted by Gasteiger charge is 2.24. The molecule has 0 N–H and O–H groups in total. The fraction of sp³-hybridized carbons (Fsp3) is 0.929. The molecule has 0 aromatic rings. The zero-order valence-electron chi connectivity index (χ0n) is 10.3. The van der Waals surface area contributed by atoms with Crippen molar-refractivity contribution in [2.75, 3.05) is 0 Å². The molecule has 0 aromatic carbocycles. The topological polar surface area (TPSA) is 23.8 Å². The Balaban J connectivity index is 2.49. The van der Waals surface area contributed by atoms with E-state index in [-0.39, 0.29) is 0 Å². The number of hydrogen-bond donors (Lipinski definition) is 0. The second-order valence-electron chi connectivity index (χ2n) is 5.36. The SMILES string of the molecule is CC(C)C(CCC#N)C1CCCCCC1. The fourth-order valence-corrected chi connectivity index (χ4v) is 3.08. The molecule has 15 heavy (non-hydrogen) atoms. The molecule has 1 aliphatic carbocycles. The molecule has 0 amide bonds. The lowest BCUT2D eigenvalue weighted by Gasteiger charge is -2.29. The molecule has 86 valence electrons. The van der Waals surface area contributed by atoms with Gasteiger partial charge < -0.3 is 0 Å². The minimum Gasteiger partial charge on any atom is -0.198 e. The Labute approximate surface area is 94.9 Å². The van der Waals surface area contributed by atoms with Crippen LogP contribution in [0.2, 0.25) is 0 Å². The monoisotopic (exact) mass is 207 g/mol. The average molecular weight is 207 g/mol. The fourth-order valence-electron chi connectivity index (χ4n) is 3.08. The summed E-state index contributed by atoms with van der Waals surface area (Å²) >= 11 is 0. The van der Waals surface area contributed by atoms with Crippen LogP contribution in [0.25, 0.3) is 0 Å². The number of nitriles is 1. The van der Waals surface area contributed by atoms with Crippen molar-refractivity contribution in [3.8, 4) is 6.07 Å².